The number of allylic oxidation sites excluding steroid dienone is 2. The van der Waals surface area contributed by atoms with E-state index in [1.807, 2.05) is 0 Å². The molecule has 1 heterocycles. The lowest BCUT2D eigenvalue weighted by Gasteiger charge is -2.31. The molecule has 2 bridgehead atoms. The van der Waals surface area contributed by atoms with Crippen molar-refractivity contribution in [2.24, 2.45) is 28.6 Å². The highest BCUT2D eigenvalue weighted by atomic mass is 19.1. The van der Waals surface area contributed by atoms with Gasteiger partial charge >= 0.3 is 0 Å². The van der Waals surface area contributed by atoms with Crippen LogP contribution in [0.4, 0.5) is 10.1 Å². The van der Waals surface area contributed by atoms with Gasteiger partial charge in [0.1, 0.15) is 5.82 Å². The molecule has 0 aromatic heterocycles. The Morgan fingerprint density at radius 3 is 2.55 bits per heavy atom. The summed E-state index contributed by atoms with van der Waals surface area (Å²) < 4.78 is 14.1. The highest BCUT2D eigenvalue weighted by molar-refractivity contribution is 6.23. The predicted molar refractivity (Wildman–Crippen MR) is 78.3 cm³/mol. The minimum atomic E-state index is -0.518. The van der Waals surface area contributed by atoms with Gasteiger partial charge < -0.3 is 0 Å². The summed E-state index contributed by atoms with van der Waals surface area (Å²) in [5.41, 5.74) is -0.0240. The first-order valence-electron chi connectivity index (χ1n) is 7.83. The summed E-state index contributed by atoms with van der Waals surface area (Å²) in [6.45, 7) is 2.11. The first-order chi connectivity index (χ1) is 10.5. The fraction of sp³-hybridized carbons (Fsp3) is 0.444. The Kier molecular flexibility index (Phi) is 2.00. The minimum Gasteiger partial charge on any atom is -0.274 e. The zero-order valence-corrected chi connectivity index (χ0v) is 12.3. The molecule has 3 fully saturated rings. The molecule has 0 radical (unpaired) electrons. The van der Waals surface area contributed by atoms with Crippen molar-refractivity contribution in [1.82, 2.24) is 0 Å². The molecule has 3 nitrogen and oxygen atoms in total. The molecule has 1 aromatic rings. The van der Waals surface area contributed by atoms with E-state index in [-0.39, 0.29) is 46.1 Å². The quantitative estimate of drug-likeness (QED) is 0.590. The highest BCUT2D eigenvalue weighted by Gasteiger charge is 2.78. The van der Waals surface area contributed by atoms with Gasteiger partial charge in [-0.3, -0.25) is 9.59 Å². The van der Waals surface area contributed by atoms with E-state index in [0.29, 0.717) is 0 Å². The van der Waals surface area contributed by atoms with Crippen LogP contribution in [0.15, 0.2) is 36.4 Å². The zero-order valence-electron chi connectivity index (χ0n) is 12.3. The van der Waals surface area contributed by atoms with E-state index < -0.39 is 5.82 Å². The van der Waals surface area contributed by atoms with Crippen molar-refractivity contribution in [3.8, 4) is 0 Å². The van der Waals surface area contributed by atoms with E-state index in [2.05, 4.69) is 19.1 Å². The summed E-state index contributed by atoms with van der Waals surface area (Å²) in [6.07, 6.45) is 6.45. The molecule has 2 amide bonds. The topological polar surface area (TPSA) is 37.4 Å². The molecule has 4 aliphatic rings. The lowest BCUT2D eigenvalue weighted by molar-refractivity contribution is -0.124. The number of rotatable bonds is 1. The van der Waals surface area contributed by atoms with Crippen LogP contribution in [0, 0.1) is 34.4 Å². The molecule has 5 rings (SSSR count). The second-order valence-corrected chi connectivity index (χ2v) is 7.29. The van der Waals surface area contributed by atoms with Crippen LogP contribution in [-0.4, -0.2) is 11.8 Å². The average Bonchev–Trinajstić information content (AvgIpc) is 3.15. The molecule has 2 saturated carbocycles. The number of imide groups is 1. The largest absolute Gasteiger partial charge is 0.274 e. The number of nitrogens with zero attached hydrogens (tertiary/aromatic N) is 1. The van der Waals surface area contributed by atoms with Crippen LogP contribution in [0.2, 0.25) is 0 Å². The average molecular weight is 297 g/mol. The van der Waals surface area contributed by atoms with Gasteiger partial charge in [-0.2, -0.15) is 0 Å². The number of hydrogen-bond donors (Lipinski definition) is 0. The molecule has 1 spiro atoms. The number of fused-ring (bicyclic) bond motifs is 3. The van der Waals surface area contributed by atoms with Gasteiger partial charge in [-0.15, -0.1) is 0 Å². The van der Waals surface area contributed by atoms with Crippen LogP contribution in [0.25, 0.3) is 0 Å². The minimum absolute atomic E-state index is 0.0970. The fourth-order valence-corrected chi connectivity index (χ4v) is 5.45. The maximum absolute atomic E-state index is 14.1. The number of benzene rings is 1. The van der Waals surface area contributed by atoms with Gasteiger partial charge in [0.25, 0.3) is 0 Å². The van der Waals surface area contributed by atoms with Crippen molar-refractivity contribution in [2.45, 2.75) is 19.8 Å². The summed E-state index contributed by atoms with van der Waals surface area (Å²) in [5.74, 6) is -1.43. The van der Waals surface area contributed by atoms with Crippen molar-refractivity contribution >= 4 is 17.5 Å². The third-order valence-corrected chi connectivity index (χ3v) is 6.63. The third-order valence-electron chi connectivity index (χ3n) is 6.63. The highest BCUT2D eigenvalue weighted by Crippen LogP contribution is 2.79. The van der Waals surface area contributed by atoms with Crippen LogP contribution in [0.5, 0.6) is 0 Å². The molecule has 4 atom stereocenters. The number of anilines is 1. The first-order valence-corrected chi connectivity index (χ1v) is 7.83. The fourth-order valence-electron chi connectivity index (χ4n) is 5.45. The van der Waals surface area contributed by atoms with E-state index in [1.165, 1.54) is 12.1 Å². The monoisotopic (exact) mass is 297 g/mol. The molecule has 1 aliphatic heterocycles. The second-order valence-electron chi connectivity index (χ2n) is 7.29. The van der Waals surface area contributed by atoms with E-state index in [1.54, 1.807) is 12.1 Å². The summed E-state index contributed by atoms with van der Waals surface area (Å²) in [4.78, 5) is 27.0. The van der Waals surface area contributed by atoms with E-state index in [4.69, 9.17) is 0 Å². The third kappa shape index (κ3) is 1.10. The van der Waals surface area contributed by atoms with Crippen LogP contribution < -0.4 is 4.90 Å². The number of para-hydroxylation sites is 1. The Balaban J connectivity index is 1.64. The molecule has 4 heteroatoms. The summed E-state index contributed by atoms with van der Waals surface area (Å²) in [7, 11) is 0. The first kappa shape index (κ1) is 12.6. The molecule has 1 saturated heterocycles. The number of carbonyl (C=O) groups excluding carboxylic acids is 2. The Bertz CT molecular complexity index is 766. The second kappa shape index (κ2) is 3.50. The summed E-state index contributed by atoms with van der Waals surface area (Å²) >= 11 is 0. The SMILES string of the molecule is C[C@@]12C=C[C@@H]([C@@H]3C(=O)N(c4ccccc4F)C(=O)[C@@H]31)C21CC1. The van der Waals surface area contributed by atoms with E-state index >= 15 is 0 Å². The molecule has 22 heavy (non-hydrogen) atoms. The number of hydrogen-bond acceptors (Lipinski definition) is 2. The van der Waals surface area contributed by atoms with E-state index in [9.17, 15) is 14.0 Å². The zero-order chi connectivity index (χ0) is 15.3. The van der Waals surface area contributed by atoms with Crippen molar-refractivity contribution in [2.75, 3.05) is 4.90 Å². The van der Waals surface area contributed by atoms with Gasteiger partial charge in [-0.05, 0) is 36.3 Å². The van der Waals surface area contributed by atoms with E-state index in [0.717, 1.165) is 17.7 Å². The lowest BCUT2D eigenvalue weighted by atomic mass is 9.72. The Hall–Kier alpha value is -1.97. The van der Waals surface area contributed by atoms with Crippen molar-refractivity contribution < 1.29 is 14.0 Å². The standard InChI is InChI=1S/C18H16FNO2/c1-17-7-6-10(18(17)8-9-18)13-14(17)16(22)20(15(13)21)12-5-3-2-4-11(12)19/h2-7,10,13-14H,8-9H2,1H3/t10-,13-,14+,17+/m0/s1. The van der Waals surface area contributed by atoms with Gasteiger partial charge in [0.05, 0.1) is 17.5 Å². The van der Waals surface area contributed by atoms with Gasteiger partial charge in [0, 0.05) is 5.41 Å². The Morgan fingerprint density at radius 1 is 1.18 bits per heavy atom. The normalized spacial score (nSPS) is 39.9. The Morgan fingerprint density at radius 2 is 1.91 bits per heavy atom. The van der Waals surface area contributed by atoms with Crippen molar-refractivity contribution in [1.29, 1.82) is 0 Å². The number of carbonyl (C=O) groups is 2. The number of amides is 2. The lowest BCUT2D eigenvalue weighted by Crippen LogP contribution is -2.38. The maximum Gasteiger partial charge on any atom is 0.238 e. The van der Waals surface area contributed by atoms with Crippen LogP contribution in [-0.2, 0) is 9.59 Å². The molecule has 1 aromatic carbocycles. The van der Waals surface area contributed by atoms with Crippen LogP contribution in [0.1, 0.15) is 19.8 Å². The molecule has 3 aliphatic carbocycles. The molecule has 0 unspecified atom stereocenters. The summed E-state index contributed by atoms with van der Waals surface area (Å²) in [6, 6.07) is 6.03. The van der Waals surface area contributed by atoms with Gasteiger partial charge in [-0.1, -0.05) is 31.2 Å². The smallest absolute Gasteiger partial charge is 0.238 e. The molecular formula is C18H16FNO2. The van der Waals surface area contributed by atoms with Crippen LogP contribution in [0.3, 0.4) is 0 Å². The molecular weight excluding hydrogens is 281 g/mol. The summed E-state index contributed by atoms with van der Waals surface area (Å²) in [5, 5.41) is 0. The molecule has 0 N–H and O–H groups in total. The van der Waals surface area contributed by atoms with Crippen molar-refractivity contribution in [3.63, 3.8) is 0 Å². The number of halogens is 1. The van der Waals surface area contributed by atoms with Gasteiger partial charge in [-0.25, -0.2) is 9.29 Å². The molecule has 112 valence electrons. The van der Waals surface area contributed by atoms with Crippen molar-refractivity contribution in [3.05, 3.63) is 42.2 Å². The maximum atomic E-state index is 14.1. The van der Waals surface area contributed by atoms with Gasteiger partial charge in [0.15, 0.2) is 0 Å². The predicted octanol–water partition coefficient (Wildman–Crippen LogP) is 2.92. The Labute approximate surface area is 127 Å². The van der Waals surface area contributed by atoms with Gasteiger partial charge in [0.2, 0.25) is 11.8 Å². The van der Waals surface area contributed by atoms with Crippen LogP contribution >= 0.6 is 0 Å².